The zero-order valence-electron chi connectivity index (χ0n) is 18.1. The smallest absolute Gasteiger partial charge is 0.243 e. The van der Waals surface area contributed by atoms with Gasteiger partial charge in [0.1, 0.15) is 5.82 Å². The Morgan fingerprint density at radius 3 is 2.43 bits per heavy atom. The average molecular weight is 440 g/mol. The van der Waals surface area contributed by atoms with E-state index in [0.717, 1.165) is 51.7 Å². The van der Waals surface area contributed by atoms with E-state index >= 15 is 0 Å². The largest absolute Gasteiger partial charge is 0.375 e. The lowest BCUT2D eigenvalue weighted by atomic mass is 9.82. The summed E-state index contributed by atoms with van der Waals surface area (Å²) in [4.78, 5) is 5.17. The fraction of sp³-hybridized carbons (Fsp3) is 0.727. The zero-order valence-corrected chi connectivity index (χ0v) is 18.9. The first-order valence-electron chi connectivity index (χ1n) is 11.2. The molecule has 0 unspecified atom stereocenters. The van der Waals surface area contributed by atoms with Gasteiger partial charge >= 0.3 is 0 Å². The monoisotopic (exact) mass is 439 g/mol. The highest BCUT2D eigenvalue weighted by Gasteiger charge is 2.44. The van der Waals surface area contributed by atoms with Crippen LogP contribution in [0.3, 0.4) is 0 Å². The van der Waals surface area contributed by atoms with Gasteiger partial charge in [-0.1, -0.05) is 6.07 Å². The second-order valence-electron chi connectivity index (χ2n) is 9.21. The van der Waals surface area contributed by atoms with Crippen molar-refractivity contribution in [3.05, 3.63) is 30.1 Å². The standard InChI is InChI=1S/C22H34FN3O3S/c1-18(2)24-11-13-25(14-12-24)20-6-15-29-22(17-20)7-9-26(10-8-22)30(27,28)21-5-3-4-19(23)16-21/h3-5,16,18,20H,6-15,17H2,1-2H3/t20-/m1/s1. The highest BCUT2D eigenvalue weighted by atomic mass is 32.2. The molecule has 0 radical (unpaired) electrons. The van der Waals surface area contributed by atoms with E-state index in [1.54, 1.807) is 0 Å². The Hall–Kier alpha value is -1.06. The second-order valence-corrected chi connectivity index (χ2v) is 11.1. The van der Waals surface area contributed by atoms with Crippen molar-refractivity contribution in [1.29, 1.82) is 0 Å². The van der Waals surface area contributed by atoms with Crippen molar-refractivity contribution in [2.24, 2.45) is 0 Å². The molecule has 4 rings (SSSR count). The molecule has 0 saturated carbocycles. The molecule has 168 valence electrons. The van der Waals surface area contributed by atoms with E-state index in [2.05, 4.69) is 23.6 Å². The fourth-order valence-electron chi connectivity index (χ4n) is 5.19. The first-order chi connectivity index (χ1) is 14.3. The van der Waals surface area contributed by atoms with Gasteiger partial charge in [0.15, 0.2) is 0 Å². The van der Waals surface area contributed by atoms with Crippen molar-refractivity contribution in [3.8, 4) is 0 Å². The van der Waals surface area contributed by atoms with Gasteiger partial charge in [0.2, 0.25) is 10.0 Å². The van der Waals surface area contributed by atoms with Gasteiger partial charge in [0, 0.05) is 58.0 Å². The number of piperazine rings is 1. The minimum Gasteiger partial charge on any atom is -0.375 e. The number of ether oxygens (including phenoxy) is 1. The van der Waals surface area contributed by atoms with Gasteiger partial charge in [-0.15, -0.1) is 0 Å². The first-order valence-corrected chi connectivity index (χ1v) is 12.6. The van der Waals surface area contributed by atoms with Crippen LogP contribution in [0.25, 0.3) is 0 Å². The lowest BCUT2D eigenvalue weighted by molar-refractivity contribution is -0.130. The molecular formula is C22H34FN3O3S. The maximum Gasteiger partial charge on any atom is 0.243 e. The Kier molecular flexibility index (Phi) is 6.51. The van der Waals surface area contributed by atoms with Gasteiger partial charge in [0.25, 0.3) is 0 Å². The minimum absolute atomic E-state index is 0.0314. The molecule has 3 aliphatic heterocycles. The lowest BCUT2D eigenvalue weighted by Gasteiger charge is -2.49. The van der Waals surface area contributed by atoms with E-state index in [4.69, 9.17) is 4.74 Å². The summed E-state index contributed by atoms with van der Waals surface area (Å²) in [6.45, 7) is 10.5. The van der Waals surface area contributed by atoms with Crippen molar-refractivity contribution >= 4 is 10.0 Å². The van der Waals surface area contributed by atoms with Crippen LogP contribution in [0.1, 0.15) is 39.5 Å². The SMILES string of the molecule is CC(C)N1CCN([C@@H]2CCOC3(CCN(S(=O)(=O)c4cccc(F)c4)CC3)C2)CC1. The number of piperidine rings is 1. The second kappa shape index (κ2) is 8.82. The van der Waals surface area contributed by atoms with Crippen molar-refractivity contribution in [2.45, 2.75) is 62.1 Å². The predicted octanol–water partition coefficient (Wildman–Crippen LogP) is 2.55. The Balaban J connectivity index is 1.37. The molecule has 3 heterocycles. The summed E-state index contributed by atoms with van der Waals surface area (Å²) >= 11 is 0. The summed E-state index contributed by atoms with van der Waals surface area (Å²) in [5, 5.41) is 0. The highest BCUT2D eigenvalue weighted by Crippen LogP contribution is 2.38. The van der Waals surface area contributed by atoms with Gasteiger partial charge < -0.3 is 4.74 Å². The van der Waals surface area contributed by atoms with E-state index in [9.17, 15) is 12.8 Å². The van der Waals surface area contributed by atoms with Crippen LogP contribution < -0.4 is 0 Å². The Morgan fingerprint density at radius 1 is 1.10 bits per heavy atom. The molecule has 30 heavy (non-hydrogen) atoms. The van der Waals surface area contributed by atoms with Crippen LogP contribution in [0.2, 0.25) is 0 Å². The summed E-state index contributed by atoms with van der Waals surface area (Å²) in [7, 11) is -3.67. The van der Waals surface area contributed by atoms with Crippen LogP contribution in [-0.2, 0) is 14.8 Å². The molecule has 0 bridgehead atoms. The Morgan fingerprint density at radius 2 is 1.80 bits per heavy atom. The maximum absolute atomic E-state index is 13.5. The fourth-order valence-corrected chi connectivity index (χ4v) is 6.67. The Labute approximate surface area is 180 Å². The number of halogens is 1. The molecule has 3 saturated heterocycles. The van der Waals surface area contributed by atoms with Gasteiger partial charge in [-0.3, -0.25) is 9.80 Å². The first kappa shape index (κ1) is 22.1. The van der Waals surface area contributed by atoms with E-state index in [-0.39, 0.29) is 10.5 Å². The summed E-state index contributed by atoms with van der Waals surface area (Å²) in [5.41, 5.74) is -0.230. The number of rotatable bonds is 4. The van der Waals surface area contributed by atoms with Crippen LogP contribution in [0, 0.1) is 5.82 Å². The van der Waals surface area contributed by atoms with Crippen LogP contribution >= 0.6 is 0 Å². The quantitative estimate of drug-likeness (QED) is 0.722. The topological polar surface area (TPSA) is 53.1 Å². The average Bonchev–Trinajstić information content (AvgIpc) is 2.74. The molecule has 1 aromatic rings. The van der Waals surface area contributed by atoms with Crippen LogP contribution in [0.4, 0.5) is 4.39 Å². The van der Waals surface area contributed by atoms with E-state index in [1.165, 1.54) is 22.5 Å². The van der Waals surface area contributed by atoms with E-state index in [1.807, 2.05) is 0 Å². The number of benzene rings is 1. The number of nitrogens with zero attached hydrogens (tertiary/aromatic N) is 3. The molecule has 8 heteroatoms. The molecule has 0 aliphatic carbocycles. The highest BCUT2D eigenvalue weighted by molar-refractivity contribution is 7.89. The summed E-state index contributed by atoms with van der Waals surface area (Å²) < 4.78 is 47.1. The third-order valence-electron chi connectivity index (χ3n) is 7.13. The number of hydrogen-bond acceptors (Lipinski definition) is 5. The van der Waals surface area contributed by atoms with Crippen LogP contribution in [0.5, 0.6) is 0 Å². The Bertz CT molecular complexity index is 832. The molecule has 3 aliphatic rings. The summed E-state index contributed by atoms with van der Waals surface area (Å²) in [6.07, 6.45) is 3.42. The van der Waals surface area contributed by atoms with Crippen molar-refractivity contribution < 1.29 is 17.5 Å². The molecule has 6 nitrogen and oxygen atoms in total. The molecule has 1 aromatic carbocycles. The molecule has 0 N–H and O–H groups in total. The number of hydrogen-bond donors (Lipinski definition) is 0. The molecule has 0 amide bonds. The lowest BCUT2D eigenvalue weighted by Crippen LogP contribution is -2.58. The summed E-state index contributed by atoms with van der Waals surface area (Å²) in [5.74, 6) is -0.527. The van der Waals surface area contributed by atoms with Crippen molar-refractivity contribution in [1.82, 2.24) is 14.1 Å². The normalized spacial score (nSPS) is 27.0. The van der Waals surface area contributed by atoms with Gasteiger partial charge in [-0.05, 0) is 57.7 Å². The number of sulfonamides is 1. The van der Waals surface area contributed by atoms with Gasteiger partial charge in [0.05, 0.1) is 10.5 Å². The maximum atomic E-state index is 13.5. The van der Waals surface area contributed by atoms with Crippen molar-refractivity contribution in [2.75, 3.05) is 45.9 Å². The molecule has 1 atom stereocenters. The minimum atomic E-state index is -3.67. The molecule has 0 aromatic heterocycles. The van der Waals surface area contributed by atoms with Crippen LogP contribution in [0.15, 0.2) is 29.2 Å². The van der Waals surface area contributed by atoms with Crippen molar-refractivity contribution in [3.63, 3.8) is 0 Å². The van der Waals surface area contributed by atoms with E-state index < -0.39 is 15.8 Å². The molecule has 3 fully saturated rings. The third-order valence-corrected chi connectivity index (χ3v) is 9.02. The summed E-state index contributed by atoms with van der Waals surface area (Å²) in [6, 6.07) is 6.39. The molecule has 1 spiro atoms. The van der Waals surface area contributed by atoms with Gasteiger partial charge in [-0.2, -0.15) is 4.31 Å². The van der Waals surface area contributed by atoms with Crippen LogP contribution in [-0.4, -0.2) is 86.1 Å². The predicted molar refractivity (Wildman–Crippen MR) is 114 cm³/mol. The third kappa shape index (κ3) is 4.58. The zero-order chi connectivity index (χ0) is 21.4. The molecular weight excluding hydrogens is 405 g/mol. The van der Waals surface area contributed by atoms with Gasteiger partial charge in [-0.25, -0.2) is 12.8 Å². The van der Waals surface area contributed by atoms with E-state index in [0.29, 0.717) is 38.0 Å².